The van der Waals surface area contributed by atoms with Gasteiger partial charge in [0.1, 0.15) is 18.4 Å². The molecule has 33 heavy (non-hydrogen) atoms. The van der Waals surface area contributed by atoms with Crippen LogP contribution in [-0.2, 0) is 34.0 Å². The quantitative estimate of drug-likeness (QED) is 0.674. The van der Waals surface area contributed by atoms with Crippen molar-refractivity contribution in [2.24, 2.45) is 0 Å². The summed E-state index contributed by atoms with van der Waals surface area (Å²) < 4.78 is 34.8. The molecule has 3 amide bonds. The molecule has 0 aromatic heterocycles. The monoisotopic (exact) mass is 452 g/mol. The summed E-state index contributed by atoms with van der Waals surface area (Å²) in [5.74, 6) is -0.428. The van der Waals surface area contributed by atoms with Crippen LogP contribution in [0.15, 0.2) is 42.5 Å². The number of hydrogen-bond donors (Lipinski definition) is 1. The Hall–Kier alpha value is -3.23. The fourth-order valence-corrected chi connectivity index (χ4v) is 4.34. The maximum Gasteiger partial charge on any atom is 0.255 e. The summed E-state index contributed by atoms with van der Waals surface area (Å²) in [4.78, 5) is 40.0. The summed E-state index contributed by atoms with van der Waals surface area (Å²) in [6.45, 7) is -1.32. The minimum atomic E-state index is -1.75. The number of imide groups is 1. The van der Waals surface area contributed by atoms with E-state index in [2.05, 4.69) is 5.32 Å². The lowest BCUT2D eigenvalue weighted by atomic mass is 10.0. The van der Waals surface area contributed by atoms with Gasteiger partial charge in [-0.15, -0.1) is 0 Å². The van der Waals surface area contributed by atoms with E-state index in [0.717, 1.165) is 16.7 Å². The fraction of sp³-hybridized carbons (Fsp3) is 0.400. The fourth-order valence-electron chi connectivity index (χ4n) is 4.34. The van der Waals surface area contributed by atoms with Gasteiger partial charge in [0.25, 0.3) is 5.91 Å². The molecule has 2 unspecified atom stereocenters. The summed E-state index contributed by atoms with van der Waals surface area (Å²) in [7, 11) is 0. The molecule has 1 N–H and O–H groups in total. The number of fused-ring (bicyclic) bond motifs is 1. The number of morpholine rings is 1. The van der Waals surface area contributed by atoms with Crippen LogP contribution in [0.25, 0.3) is 0 Å². The highest BCUT2D eigenvalue weighted by Gasteiger charge is 2.40. The molecule has 3 aliphatic heterocycles. The van der Waals surface area contributed by atoms with E-state index < -0.39 is 25.0 Å². The maximum absolute atomic E-state index is 13.0. The van der Waals surface area contributed by atoms with Crippen molar-refractivity contribution in [2.75, 3.05) is 26.2 Å². The van der Waals surface area contributed by atoms with Crippen molar-refractivity contribution in [3.8, 4) is 5.75 Å². The van der Waals surface area contributed by atoms with Crippen LogP contribution in [0.4, 0.5) is 0 Å². The number of carbonyl (C=O) groups excluding carboxylic acids is 3. The lowest BCUT2D eigenvalue weighted by Gasteiger charge is -2.29. The molecule has 3 heterocycles. The molecule has 8 nitrogen and oxygen atoms in total. The van der Waals surface area contributed by atoms with Gasteiger partial charge in [-0.25, -0.2) is 0 Å². The Labute approximate surface area is 196 Å². The topological polar surface area (TPSA) is 88.2 Å². The Morgan fingerprint density at radius 2 is 1.94 bits per heavy atom. The van der Waals surface area contributed by atoms with Gasteiger partial charge in [-0.3, -0.25) is 24.6 Å². The van der Waals surface area contributed by atoms with E-state index in [4.69, 9.17) is 13.6 Å². The number of benzene rings is 2. The van der Waals surface area contributed by atoms with E-state index in [9.17, 15) is 14.4 Å². The zero-order valence-corrected chi connectivity index (χ0v) is 18.1. The van der Waals surface area contributed by atoms with Gasteiger partial charge in [-0.2, -0.15) is 0 Å². The molecular weight excluding hydrogens is 422 g/mol. The number of nitrogens with one attached hydrogen (secondary N) is 1. The van der Waals surface area contributed by atoms with Crippen molar-refractivity contribution < 1.29 is 28.0 Å². The Bertz CT molecular complexity index is 1190. The van der Waals surface area contributed by atoms with Crippen molar-refractivity contribution in [3.05, 3.63) is 64.7 Å². The van der Waals surface area contributed by atoms with Crippen molar-refractivity contribution >= 4 is 17.7 Å². The lowest BCUT2D eigenvalue weighted by Crippen LogP contribution is -2.52. The number of nitrogens with zero attached hydrogens (tertiary/aromatic N) is 2. The molecule has 2 atom stereocenters. The Morgan fingerprint density at radius 1 is 1.12 bits per heavy atom. The molecule has 0 saturated carbocycles. The van der Waals surface area contributed by atoms with Gasteiger partial charge in [0.15, 0.2) is 0 Å². The molecular formula is C25H27N3O5. The number of carbonyl (C=O) groups is 3. The second-order valence-corrected chi connectivity index (χ2v) is 8.33. The van der Waals surface area contributed by atoms with Crippen LogP contribution >= 0.6 is 0 Å². The molecule has 2 fully saturated rings. The van der Waals surface area contributed by atoms with Crippen molar-refractivity contribution in [1.82, 2.24) is 15.1 Å². The first-order valence-corrected chi connectivity index (χ1v) is 11.0. The summed E-state index contributed by atoms with van der Waals surface area (Å²) >= 11 is 0. The highest BCUT2D eigenvalue weighted by atomic mass is 16.5. The van der Waals surface area contributed by atoms with Gasteiger partial charge in [0, 0.05) is 38.5 Å². The molecule has 5 rings (SSSR count). The first-order chi connectivity index (χ1) is 17.2. The molecule has 0 aliphatic carbocycles. The minimum Gasteiger partial charge on any atom is -0.489 e. The van der Waals surface area contributed by atoms with Crippen LogP contribution in [0, 0.1) is 0 Å². The zero-order valence-electron chi connectivity index (χ0n) is 21.1. The van der Waals surface area contributed by atoms with Crippen molar-refractivity contribution in [2.45, 2.75) is 38.6 Å². The molecule has 2 aromatic carbocycles. The molecule has 3 aliphatic rings. The van der Waals surface area contributed by atoms with Gasteiger partial charge in [0.2, 0.25) is 11.8 Å². The number of ether oxygens (including phenoxy) is 2. The minimum absolute atomic E-state index is 0.0315. The van der Waals surface area contributed by atoms with E-state index in [1.807, 2.05) is 24.3 Å². The van der Waals surface area contributed by atoms with E-state index >= 15 is 0 Å². The van der Waals surface area contributed by atoms with E-state index in [0.29, 0.717) is 24.3 Å². The number of amides is 3. The van der Waals surface area contributed by atoms with Crippen LogP contribution in [0.2, 0.25) is 0 Å². The highest BCUT2D eigenvalue weighted by Crippen LogP contribution is 2.34. The summed E-state index contributed by atoms with van der Waals surface area (Å²) in [5.41, 5.74) is 3.11. The smallest absolute Gasteiger partial charge is 0.255 e. The standard InChI is InChI=1S/C25H27N3O5/c29-23-9-8-21(24(30)26-23)28-15-20-19(25(28)31)2-1-3-22(20)33-16-18-6-4-17(5-7-18)14-27-10-12-32-13-11-27/h1-7,21H,8-16H2,(H,26,29,30)/i10D,13D2. The Morgan fingerprint density at radius 3 is 2.76 bits per heavy atom. The molecule has 172 valence electrons. The van der Waals surface area contributed by atoms with Crippen LogP contribution in [0.5, 0.6) is 5.75 Å². The predicted molar refractivity (Wildman–Crippen MR) is 119 cm³/mol. The summed E-state index contributed by atoms with van der Waals surface area (Å²) in [5, 5.41) is 2.31. The zero-order chi connectivity index (χ0) is 25.4. The van der Waals surface area contributed by atoms with Gasteiger partial charge in [0.05, 0.1) is 22.5 Å². The number of hydrogen-bond acceptors (Lipinski definition) is 6. The number of piperidine rings is 1. The second kappa shape index (κ2) is 9.33. The molecule has 0 radical (unpaired) electrons. The van der Waals surface area contributed by atoms with Crippen LogP contribution in [0.1, 0.15) is 44.0 Å². The van der Waals surface area contributed by atoms with Crippen LogP contribution in [0.3, 0.4) is 0 Å². The average Bonchev–Trinajstić information content (AvgIpc) is 3.18. The first-order valence-electron chi connectivity index (χ1n) is 12.6. The lowest BCUT2D eigenvalue weighted by molar-refractivity contribution is -0.136. The van der Waals surface area contributed by atoms with Crippen LogP contribution < -0.4 is 10.1 Å². The molecule has 0 spiro atoms. The SMILES string of the molecule is [2H]C1COC([2H])([2H])CN1Cc1ccc(COc2cccc3c2CN(C2CCC(=O)NC2=O)C3=O)cc1. The van der Waals surface area contributed by atoms with Gasteiger partial charge >= 0.3 is 0 Å². The third kappa shape index (κ3) is 4.62. The van der Waals surface area contributed by atoms with Gasteiger partial charge in [-0.05, 0) is 29.7 Å². The Kier molecular flexibility index (Phi) is 5.15. The number of rotatable bonds is 6. The molecule has 8 heteroatoms. The molecule has 2 saturated heterocycles. The maximum atomic E-state index is 13.0. The third-order valence-corrected chi connectivity index (χ3v) is 6.13. The van der Waals surface area contributed by atoms with Gasteiger partial charge < -0.3 is 14.4 Å². The largest absolute Gasteiger partial charge is 0.489 e. The first kappa shape index (κ1) is 18.2. The van der Waals surface area contributed by atoms with E-state index in [1.54, 1.807) is 23.1 Å². The summed E-state index contributed by atoms with van der Waals surface area (Å²) in [6.07, 6.45) is 0.514. The highest BCUT2D eigenvalue weighted by molar-refractivity contribution is 6.05. The average molecular weight is 453 g/mol. The summed E-state index contributed by atoms with van der Waals surface area (Å²) in [6, 6.07) is 12.3. The normalized spacial score (nSPS) is 26.2. The van der Waals surface area contributed by atoms with Crippen molar-refractivity contribution in [3.63, 3.8) is 0 Å². The van der Waals surface area contributed by atoms with E-state index in [1.165, 1.54) is 4.90 Å². The third-order valence-electron chi connectivity index (χ3n) is 6.13. The van der Waals surface area contributed by atoms with E-state index in [-0.39, 0.29) is 44.5 Å². The van der Waals surface area contributed by atoms with Crippen molar-refractivity contribution in [1.29, 1.82) is 0 Å². The molecule has 2 aromatic rings. The molecule has 0 bridgehead atoms. The van der Waals surface area contributed by atoms with Gasteiger partial charge in [-0.1, -0.05) is 30.3 Å². The van der Waals surface area contributed by atoms with Crippen LogP contribution in [-0.4, -0.2) is 59.8 Å². The predicted octanol–water partition coefficient (Wildman–Crippen LogP) is 1.86. The second-order valence-electron chi connectivity index (χ2n) is 8.33. The Balaban J connectivity index is 1.22.